The maximum Gasteiger partial charge on any atom is 0.0947 e. The zero-order valence-corrected chi connectivity index (χ0v) is 11.9. The Morgan fingerprint density at radius 1 is 1.22 bits per heavy atom. The van der Waals surface area contributed by atoms with E-state index in [-0.39, 0.29) is 11.7 Å². The van der Waals surface area contributed by atoms with Gasteiger partial charge < -0.3 is 15.2 Å². The van der Waals surface area contributed by atoms with Gasteiger partial charge in [0.05, 0.1) is 18.3 Å². The fraction of sp³-hybridized carbons (Fsp3) is 0.600. The van der Waals surface area contributed by atoms with Gasteiger partial charge in [0.25, 0.3) is 0 Å². The number of aryl methyl sites for hydroxylation is 1. The molecule has 0 amide bonds. The first-order chi connectivity index (χ1) is 8.48. The Labute approximate surface area is 110 Å². The topological polar surface area (TPSA) is 44.5 Å². The summed E-state index contributed by atoms with van der Waals surface area (Å²) in [5.74, 6) is 0. The van der Waals surface area contributed by atoms with Crippen molar-refractivity contribution in [2.24, 2.45) is 5.73 Å². The van der Waals surface area contributed by atoms with Crippen LogP contribution in [0, 0.1) is 6.92 Å². The Balaban J connectivity index is 2.50. The van der Waals surface area contributed by atoms with Gasteiger partial charge in [-0.15, -0.1) is 0 Å². The van der Waals surface area contributed by atoms with E-state index < -0.39 is 0 Å². The van der Waals surface area contributed by atoms with E-state index in [0.29, 0.717) is 13.2 Å². The maximum atomic E-state index is 5.85. The highest BCUT2D eigenvalue weighted by Crippen LogP contribution is 2.19. The number of ether oxygens (including phenoxy) is 2. The van der Waals surface area contributed by atoms with Crippen LogP contribution >= 0.6 is 0 Å². The molecule has 0 aliphatic rings. The first-order valence-corrected chi connectivity index (χ1v) is 6.42. The van der Waals surface area contributed by atoms with Crippen molar-refractivity contribution in [2.45, 2.75) is 38.9 Å². The summed E-state index contributed by atoms with van der Waals surface area (Å²) < 4.78 is 11.2. The molecule has 0 aromatic heterocycles. The lowest BCUT2D eigenvalue weighted by molar-refractivity contribution is -0.0257. The predicted octanol–water partition coefficient (Wildman–Crippen LogP) is 2.83. The summed E-state index contributed by atoms with van der Waals surface area (Å²) in [5.41, 5.74) is 8.01. The van der Waals surface area contributed by atoms with Gasteiger partial charge in [-0.2, -0.15) is 0 Å². The highest BCUT2D eigenvalue weighted by Gasteiger charge is 2.17. The average molecular weight is 251 g/mol. The summed E-state index contributed by atoms with van der Waals surface area (Å²) in [4.78, 5) is 0. The Kier molecular flexibility index (Phi) is 5.79. The summed E-state index contributed by atoms with van der Waals surface area (Å²) in [7, 11) is 1.72. The molecule has 1 unspecified atom stereocenters. The predicted molar refractivity (Wildman–Crippen MR) is 74.6 cm³/mol. The van der Waals surface area contributed by atoms with Crippen molar-refractivity contribution in [1.82, 2.24) is 0 Å². The van der Waals surface area contributed by atoms with Crippen molar-refractivity contribution < 1.29 is 9.47 Å². The molecule has 0 aliphatic heterocycles. The van der Waals surface area contributed by atoms with Gasteiger partial charge in [-0.3, -0.25) is 0 Å². The molecule has 1 atom stereocenters. The molecule has 1 aromatic carbocycles. The smallest absolute Gasteiger partial charge is 0.0947 e. The van der Waals surface area contributed by atoms with E-state index in [1.165, 1.54) is 5.56 Å². The van der Waals surface area contributed by atoms with Crippen LogP contribution in [0.25, 0.3) is 0 Å². The Bertz CT molecular complexity index is 346. The maximum absolute atomic E-state index is 5.85. The number of rotatable bonds is 7. The minimum Gasteiger partial charge on any atom is -0.379 e. The highest BCUT2D eigenvalue weighted by atomic mass is 16.5. The van der Waals surface area contributed by atoms with Crippen molar-refractivity contribution in [3.8, 4) is 0 Å². The zero-order chi connectivity index (χ0) is 13.6. The second-order valence-corrected chi connectivity index (χ2v) is 5.22. The molecule has 0 saturated carbocycles. The van der Waals surface area contributed by atoms with Gasteiger partial charge in [-0.05, 0) is 32.8 Å². The molecule has 0 saturated heterocycles. The fourth-order valence-corrected chi connectivity index (χ4v) is 1.63. The van der Waals surface area contributed by atoms with Crippen LogP contribution < -0.4 is 5.73 Å². The van der Waals surface area contributed by atoms with Crippen LogP contribution in [0.5, 0.6) is 0 Å². The molecule has 0 spiro atoms. The fourth-order valence-electron chi connectivity index (χ4n) is 1.63. The lowest BCUT2D eigenvalue weighted by atomic mass is 10.1. The molecule has 1 aromatic rings. The quantitative estimate of drug-likeness (QED) is 0.810. The van der Waals surface area contributed by atoms with Crippen LogP contribution in [0.2, 0.25) is 0 Å². The number of hydrogen-bond acceptors (Lipinski definition) is 3. The van der Waals surface area contributed by atoms with Gasteiger partial charge >= 0.3 is 0 Å². The van der Waals surface area contributed by atoms with E-state index in [1.807, 2.05) is 0 Å². The Morgan fingerprint density at radius 3 is 2.33 bits per heavy atom. The molecule has 3 heteroatoms. The molecule has 3 nitrogen and oxygen atoms in total. The first-order valence-electron chi connectivity index (χ1n) is 6.42. The third-order valence-electron chi connectivity index (χ3n) is 3.24. The minimum absolute atomic E-state index is 0.0294. The SMILES string of the molecule is COC(C)(C)CCOC(CN)c1ccc(C)cc1. The van der Waals surface area contributed by atoms with Gasteiger partial charge in [-0.1, -0.05) is 29.8 Å². The van der Waals surface area contributed by atoms with E-state index in [0.717, 1.165) is 12.0 Å². The van der Waals surface area contributed by atoms with E-state index in [4.69, 9.17) is 15.2 Å². The van der Waals surface area contributed by atoms with Crippen LogP contribution in [0.3, 0.4) is 0 Å². The van der Waals surface area contributed by atoms with Gasteiger partial charge in [-0.25, -0.2) is 0 Å². The van der Waals surface area contributed by atoms with Crippen LogP contribution in [0.1, 0.15) is 37.5 Å². The van der Waals surface area contributed by atoms with Crippen LogP contribution in [0.15, 0.2) is 24.3 Å². The number of hydrogen-bond donors (Lipinski definition) is 1. The summed E-state index contributed by atoms with van der Waals surface area (Å²) in [6.07, 6.45) is 0.824. The molecule has 0 aliphatic carbocycles. The van der Waals surface area contributed by atoms with E-state index in [9.17, 15) is 0 Å². The van der Waals surface area contributed by atoms with Crippen molar-refractivity contribution in [3.63, 3.8) is 0 Å². The highest BCUT2D eigenvalue weighted by molar-refractivity contribution is 5.23. The van der Waals surface area contributed by atoms with Gasteiger partial charge in [0.15, 0.2) is 0 Å². The monoisotopic (exact) mass is 251 g/mol. The van der Waals surface area contributed by atoms with Crippen molar-refractivity contribution in [3.05, 3.63) is 35.4 Å². The lowest BCUT2D eigenvalue weighted by Gasteiger charge is -2.24. The largest absolute Gasteiger partial charge is 0.379 e. The number of benzene rings is 1. The Hall–Kier alpha value is -0.900. The van der Waals surface area contributed by atoms with Crippen LogP contribution in [-0.2, 0) is 9.47 Å². The standard InChI is InChI=1S/C15H25NO2/c1-12-5-7-13(8-6-12)14(11-16)18-10-9-15(2,3)17-4/h5-8,14H,9-11,16H2,1-4H3. The molecule has 1 rings (SSSR count). The minimum atomic E-state index is -0.146. The second kappa shape index (κ2) is 6.88. The number of methoxy groups -OCH3 is 1. The summed E-state index contributed by atoms with van der Waals surface area (Å²) in [6, 6.07) is 8.32. The third-order valence-corrected chi connectivity index (χ3v) is 3.24. The lowest BCUT2D eigenvalue weighted by Crippen LogP contribution is -2.26. The normalized spacial score (nSPS) is 13.6. The molecule has 102 valence electrons. The average Bonchev–Trinajstić information content (AvgIpc) is 2.36. The van der Waals surface area contributed by atoms with Crippen molar-refractivity contribution >= 4 is 0 Å². The molecule has 2 N–H and O–H groups in total. The number of nitrogens with two attached hydrogens (primary N) is 1. The van der Waals surface area contributed by atoms with Crippen LogP contribution in [0.4, 0.5) is 0 Å². The third kappa shape index (κ3) is 4.77. The van der Waals surface area contributed by atoms with Gasteiger partial charge in [0.2, 0.25) is 0 Å². The Morgan fingerprint density at radius 2 is 1.83 bits per heavy atom. The second-order valence-electron chi connectivity index (χ2n) is 5.22. The van der Waals surface area contributed by atoms with Crippen molar-refractivity contribution in [2.75, 3.05) is 20.3 Å². The van der Waals surface area contributed by atoms with E-state index >= 15 is 0 Å². The van der Waals surface area contributed by atoms with E-state index in [2.05, 4.69) is 45.0 Å². The van der Waals surface area contributed by atoms with Crippen LogP contribution in [-0.4, -0.2) is 25.9 Å². The molecular weight excluding hydrogens is 226 g/mol. The summed E-state index contributed by atoms with van der Waals surface area (Å²) >= 11 is 0. The van der Waals surface area contributed by atoms with Gasteiger partial charge in [0, 0.05) is 13.7 Å². The van der Waals surface area contributed by atoms with E-state index in [1.54, 1.807) is 7.11 Å². The molecule has 0 bridgehead atoms. The molecule has 0 fully saturated rings. The zero-order valence-electron chi connectivity index (χ0n) is 11.9. The molecule has 18 heavy (non-hydrogen) atoms. The molecular formula is C15H25NO2. The molecule has 0 heterocycles. The first kappa shape index (κ1) is 15.2. The summed E-state index contributed by atoms with van der Waals surface area (Å²) in [5, 5.41) is 0. The van der Waals surface area contributed by atoms with Gasteiger partial charge in [0.1, 0.15) is 0 Å². The molecule has 0 radical (unpaired) electrons. The van der Waals surface area contributed by atoms with Crippen molar-refractivity contribution in [1.29, 1.82) is 0 Å². The summed E-state index contributed by atoms with van der Waals surface area (Å²) in [6.45, 7) is 7.33.